The van der Waals surface area contributed by atoms with Crippen molar-refractivity contribution in [1.29, 1.82) is 0 Å². The van der Waals surface area contributed by atoms with Crippen LogP contribution in [0.3, 0.4) is 0 Å². The number of hydrogen-bond donors (Lipinski definition) is 1. The van der Waals surface area contributed by atoms with Gasteiger partial charge in [0.05, 0.1) is 11.7 Å². The number of benzene rings is 1. The maximum Gasteiger partial charge on any atom is 0.245 e. The molecule has 0 radical (unpaired) electrons. The van der Waals surface area contributed by atoms with Crippen LogP contribution in [-0.4, -0.2) is 41.1 Å². The molecule has 6 nitrogen and oxygen atoms in total. The largest absolute Gasteiger partial charge is 0.330 e. The van der Waals surface area contributed by atoms with Gasteiger partial charge in [0.1, 0.15) is 15.9 Å². The highest BCUT2D eigenvalue weighted by Crippen LogP contribution is 2.28. The van der Waals surface area contributed by atoms with Gasteiger partial charge >= 0.3 is 0 Å². The van der Waals surface area contributed by atoms with E-state index in [0.717, 1.165) is 31.0 Å². The lowest BCUT2D eigenvalue weighted by atomic mass is 9.96. The fourth-order valence-electron chi connectivity index (χ4n) is 2.85. The van der Waals surface area contributed by atoms with Gasteiger partial charge < -0.3 is 5.73 Å². The summed E-state index contributed by atoms with van der Waals surface area (Å²) < 4.78 is 35.6. The molecule has 1 saturated heterocycles. The Morgan fingerprint density at radius 2 is 2.18 bits per heavy atom. The third kappa shape index (κ3) is 3.26. The van der Waals surface area contributed by atoms with Gasteiger partial charge in [0.15, 0.2) is 0 Å². The number of hydrogen-bond acceptors (Lipinski definition) is 6. The molecule has 1 atom stereocenters. The summed E-state index contributed by atoms with van der Waals surface area (Å²) in [6.07, 6.45) is 2.80. The second kappa shape index (κ2) is 7.18. The van der Waals surface area contributed by atoms with Crippen LogP contribution < -0.4 is 5.73 Å². The first-order valence-corrected chi connectivity index (χ1v) is 9.21. The van der Waals surface area contributed by atoms with E-state index >= 15 is 0 Å². The average molecular weight is 363 g/mol. The number of fused-ring (bicyclic) bond motifs is 1. The van der Waals surface area contributed by atoms with E-state index in [1.54, 1.807) is 22.5 Å². The zero-order chi connectivity index (χ0) is 14.9. The molecule has 0 spiro atoms. The summed E-state index contributed by atoms with van der Waals surface area (Å²) in [4.78, 5) is 0.266. The third-order valence-corrected chi connectivity index (χ3v) is 6.36. The van der Waals surface area contributed by atoms with Gasteiger partial charge in [0, 0.05) is 13.1 Å². The molecule has 2 N–H and O–H groups in total. The Morgan fingerprint density at radius 3 is 2.95 bits per heavy atom. The van der Waals surface area contributed by atoms with Gasteiger partial charge in [0.25, 0.3) is 0 Å². The van der Waals surface area contributed by atoms with Crippen molar-refractivity contribution in [2.45, 2.75) is 24.2 Å². The van der Waals surface area contributed by atoms with Gasteiger partial charge in [0.2, 0.25) is 10.0 Å². The monoisotopic (exact) mass is 362 g/mol. The second-order valence-corrected chi connectivity index (χ2v) is 7.77. The van der Waals surface area contributed by atoms with Crippen LogP contribution in [0.25, 0.3) is 11.0 Å². The minimum atomic E-state index is -3.51. The number of nitrogens with zero attached hydrogens (tertiary/aromatic N) is 3. The number of nitrogens with two attached hydrogens (primary N) is 1. The molecule has 9 heteroatoms. The van der Waals surface area contributed by atoms with Crippen molar-refractivity contribution in [1.82, 2.24) is 13.1 Å². The summed E-state index contributed by atoms with van der Waals surface area (Å²) in [6.45, 7) is 1.72. The Hall–Kier alpha value is -0.800. The maximum atomic E-state index is 12.9. The predicted molar refractivity (Wildman–Crippen MR) is 89.8 cm³/mol. The summed E-state index contributed by atoms with van der Waals surface area (Å²) in [6, 6.07) is 5.12. The molecule has 0 bridgehead atoms. The number of halogens is 1. The Balaban J connectivity index is 0.00000176. The highest BCUT2D eigenvalue weighted by atomic mass is 35.5. The van der Waals surface area contributed by atoms with Gasteiger partial charge in [-0.1, -0.05) is 6.07 Å². The molecule has 1 aliphatic heterocycles. The molecular weight excluding hydrogens is 344 g/mol. The van der Waals surface area contributed by atoms with E-state index in [9.17, 15) is 8.42 Å². The molecule has 2 aromatic rings. The van der Waals surface area contributed by atoms with E-state index in [-0.39, 0.29) is 17.3 Å². The highest BCUT2D eigenvalue weighted by molar-refractivity contribution is 7.89. The van der Waals surface area contributed by atoms with Crippen LogP contribution in [-0.2, 0) is 10.0 Å². The second-order valence-electron chi connectivity index (χ2n) is 5.34. The molecule has 0 aliphatic carbocycles. The van der Waals surface area contributed by atoms with E-state index in [1.165, 1.54) is 0 Å². The summed E-state index contributed by atoms with van der Waals surface area (Å²) in [5.41, 5.74) is 6.71. The molecule has 2 heterocycles. The third-order valence-electron chi connectivity index (χ3n) is 3.92. The van der Waals surface area contributed by atoms with E-state index in [0.29, 0.717) is 36.6 Å². The molecule has 122 valence electrons. The zero-order valence-corrected chi connectivity index (χ0v) is 14.5. The van der Waals surface area contributed by atoms with Crippen LogP contribution in [0.5, 0.6) is 0 Å². The van der Waals surface area contributed by atoms with Crippen molar-refractivity contribution in [3.63, 3.8) is 0 Å². The van der Waals surface area contributed by atoms with E-state index in [4.69, 9.17) is 5.73 Å². The Labute approximate surface area is 140 Å². The summed E-state index contributed by atoms with van der Waals surface area (Å²) >= 11 is 1.04. The first-order valence-electron chi connectivity index (χ1n) is 7.04. The Bertz CT molecular complexity index is 732. The minimum absolute atomic E-state index is 0. The maximum absolute atomic E-state index is 12.9. The van der Waals surface area contributed by atoms with Crippen molar-refractivity contribution < 1.29 is 8.42 Å². The van der Waals surface area contributed by atoms with Gasteiger partial charge in [-0.15, -0.1) is 12.4 Å². The number of piperidine rings is 1. The number of rotatable bonds is 4. The van der Waals surface area contributed by atoms with Gasteiger partial charge in [-0.05, 0) is 43.9 Å². The van der Waals surface area contributed by atoms with Gasteiger partial charge in [-0.25, -0.2) is 8.42 Å². The normalized spacial score (nSPS) is 20.0. The molecule has 0 amide bonds. The molecule has 1 aliphatic rings. The predicted octanol–water partition coefficient (Wildman–Crippen LogP) is 1.86. The van der Waals surface area contributed by atoms with E-state index < -0.39 is 10.0 Å². The highest BCUT2D eigenvalue weighted by Gasteiger charge is 2.31. The average Bonchev–Trinajstić information content (AvgIpc) is 2.96. The molecule has 1 aromatic carbocycles. The van der Waals surface area contributed by atoms with E-state index in [1.807, 2.05) is 0 Å². The van der Waals surface area contributed by atoms with Crippen molar-refractivity contribution in [3.05, 3.63) is 18.2 Å². The lowest BCUT2D eigenvalue weighted by Crippen LogP contribution is -2.40. The quantitative estimate of drug-likeness (QED) is 0.896. The Kier molecular flexibility index (Phi) is 5.73. The van der Waals surface area contributed by atoms with Crippen molar-refractivity contribution in [2.24, 2.45) is 11.7 Å². The Morgan fingerprint density at radius 1 is 1.36 bits per heavy atom. The van der Waals surface area contributed by atoms with Crippen molar-refractivity contribution in [2.75, 3.05) is 19.6 Å². The standard InChI is InChI=1S/C13H18N4O2S2.ClH/c14-7-6-10-3-2-8-17(9-10)21(18,19)12-5-1-4-11-13(12)16-20-15-11;/h1,4-5,10H,2-3,6-9,14H2;1H. The zero-order valence-electron chi connectivity index (χ0n) is 12.0. The molecular formula is C13H19ClN4O2S2. The van der Waals surface area contributed by atoms with Crippen LogP contribution in [0.15, 0.2) is 23.1 Å². The fraction of sp³-hybridized carbons (Fsp3) is 0.538. The number of sulfonamides is 1. The first kappa shape index (κ1) is 17.6. The number of aromatic nitrogens is 2. The molecule has 0 saturated carbocycles. The molecule has 1 aromatic heterocycles. The summed E-state index contributed by atoms with van der Waals surface area (Å²) in [5.74, 6) is 0.353. The van der Waals surface area contributed by atoms with Crippen LogP contribution >= 0.6 is 24.1 Å². The molecule has 1 fully saturated rings. The van der Waals surface area contributed by atoms with Gasteiger partial charge in [-0.2, -0.15) is 13.1 Å². The lowest BCUT2D eigenvalue weighted by Gasteiger charge is -2.31. The first-order chi connectivity index (χ1) is 10.1. The topological polar surface area (TPSA) is 89.2 Å². The van der Waals surface area contributed by atoms with Crippen LogP contribution in [0.1, 0.15) is 19.3 Å². The lowest BCUT2D eigenvalue weighted by molar-refractivity contribution is 0.258. The minimum Gasteiger partial charge on any atom is -0.330 e. The molecule has 22 heavy (non-hydrogen) atoms. The van der Waals surface area contributed by atoms with E-state index in [2.05, 4.69) is 8.75 Å². The van der Waals surface area contributed by atoms with Gasteiger partial charge in [-0.3, -0.25) is 0 Å². The van der Waals surface area contributed by atoms with Crippen molar-refractivity contribution >= 4 is 45.2 Å². The summed E-state index contributed by atoms with van der Waals surface area (Å²) in [5, 5.41) is 0. The van der Waals surface area contributed by atoms with Crippen molar-refractivity contribution in [3.8, 4) is 0 Å². The molecule has 3 rings (SSSR count). The smallest absolute Gasteiger partial charge is 0.245 e. The molecule has 1 unspecified atom stereocenters. The van der Waals surface area contributed by atoms with Crippen LogP contribution in [0.4, 0.5) is 0 Å². The fourth-order valence-corrected chi connectivity index (χ4v) is 5.15. The van der Waals surface area contributed by atoms with Crippen LogP contribution in [0.2, 0.25) is 0 Å². The van der Waals surface area contributed by atoms with Crippen LogP contribution in [0, 0.1) is 5.92 Å². The summed E-state index contributed by atoms with van der Waals surface area (Å²) in [7, 11) is -3.51. The SMILES string of the molecule is Cl.NCCC1CCCN(S(=O)(=O)c2cccc3nsnc23)C1.